The van der Waals surface area contributed by atoms with Crippen LogP contribution in [0, 0.1) is 0 Å². The summed E-state index contributed by atoms with van der Waals surface area (Å²) in [5, 5.41) is 14.0. The maximum Gasteiger partial charge on any atom is 0.268 e. The lowest BCUT2D eigenvalue weighted by Crippen LogP contribution is -2.45. The van der Waals surface area contributed by atoms with Gasteiger partial charge in [-0.25, -0.2) is 0 Å². The molecule has 498 valence electrons. The van der Waals surface area contributed by atoms with E-state index in [0.29, 0.717) is 17.4 Å². The van der Waals surface area contributed by atoms with Gasteiger partial charge < -0.3 is 28.8 Å². The second-order valence-electron chi connectivity index (χ2n) is 26.3. The number of quaternary nitrogens is 1. The third-order valence-electron chi connectivity index (χ3n) is 16.7. The first-order chi connectivity index (χ1) is 41.5. The van der Waals surface area contributed by atoms with Gasteiger partial charge in [0.15, 0.2) is 0 Å². The van der Waals surface area contributed by atoms with Gasteiger partial charge in [0, 0.05) is 6.42 Å². The van der Waals surface area contributed by atoms with Crippen LogP contribution in [0.15, 0.2) is 72.9 Å². The van der Waals surface area contributed by atoms with E-state index in [0.717, 1.165) is 70.6 Å². The number of amides is 1. The molecule has 0 aliphatic carbocycles. The fourth-order valence-corrected chi connectivity index (χ4v) is 11.7. The van der Waals surface area contributed by atoms with Gasteiger partial charge in [0.25, 0.3) is 7.82 Å². The molecule has 0 aromatic heterocycles. The molecule has 0 rings (SSSR count). The Kier molecular flexibility index (Phi) is 64.8. The number of unbranched alkanes of at least 4 members (excludes halogenated alkanes) is 45. The number of likely N-dealkylation sites (N-methyl/N-ethyl adjacent to an activating group) is 1. The first-order valence-electron chi connectivity index (χ1n) is 36.8. The van der Waals surface area contributed by atoms with Crippen LogP contribution >= 0.6 is 7.82 Å². The first kappa shape index (κ1) is 82.9. The number of aliphatic hydroxyl groups excluding tert-OH is 1. The van der Waals surface area contributed by atoms with Gasteiger partial charge in [0.1, 0.15) is 13.2 Å². The van der Waals surface area contributed by atoms with E-state index in [-0.39, 0.29) is 19.1 Å². The van der Waals surface area contributed by atoms with Crippen LogP contribution in [0.2, 0.25) is 0 Å². The Morgan fingerprint density at radius 3 is 1.05 bits per heavy atom. The van der Waals surface area contributed by atoms with E-state index >= 15 is 0 Å². The van der Waals surface area contributed by atoms with Crippen LogP contribution in [0.4, 0.5) is 0 Å². The van der Waals surface area contributed by atoms with E-state index in [1.165, 1.54) is 263 Å². The summed E-state index contributed by atoms with van der Waals surface area (Å²) in [6, 6.07) is -0.890. The fourth-order valence-electron chi connectivity index (χ4n) is 11.0. The molecule has 0 aromatic rings. The lowest BCUT2D eigenvalue weighted by atomic mass is 10.0. The van der Waals surface area contributed by atoms with Crippen LogP contribution in [-0.4, -0.2) is 68.5 Å². The van der Waals surface area contributed by atoms with Crippen molar-refractivity contribution in [3.05, 3.63) is 72.9 Å². The molecule has 9 heteroatoms. The molecular formula is C76H143N2O6P. The number of hydrogen-bond acceptors (Lipinski definition) is 6. The van der Waals surface area contributed by atoms with Crippen molar-refractivity contribution in [1.82, 2.24) is 5.32 Å². The quantitative estimate of drug-likeness (QED) is 0.0272. The molecule has 0 aliphatic heterocycles. The highest BCUT2D eigenvalue weighted by Crippen LogP contribution is 2.38. The molecule has 0 saturated carbocycles. The number of carbonyl (C=O) groups is 1. The van der Waals surface area contributed by atoms with Gasteiger partial charge in [-0.2, -0.15) is 0 Å². The summed E-state index contributed by atoms with van der Waals surface area (Å²) in [5.74, 6) is -0.192. The molecule has 0 bridgehead atoms. The first-order valence-corrected chi connectivity index (χ1v) is 38.3. The van der Waals surface area contributed by atoms with Crippen LogP contribution in [0.1, 0.15) is 354 Å². The molecule has 3 unspecified atom stereocenters. The molecule has 0 heterocycles. The minimum Gasteiger partial charge on any atom is -0.756 e. The van der Waals surface area contributed by atoms with Crippen molar-refractivity contribution in [1.29, 1.82) is 0 Å². The summed E-state index contributed by atoms with van der Waals surface area (Å²) in [7, 11) is 1.27. The summed E-state index contributed by atoms with van der Waals surface area (Å²) in [6.07, 6.45) is 93.2. The highest BCUT2D eigenvalue weighted by Gasteiger charge is 2.23. The van der Waals surface area contributed by atoms with Gasteiger partial charge in [-0.3, -0.25) is 9.36 Å². The molecular weight excluding hydrogens is 1070 g/mol. The van der Waals surface area contributed by atoms with Gasteiger partial charge in [0.05, 0.1) is 39.9 Å². The van der Waals surface area contributed by atoms with Crippen molar-refractivity contribution in [2.24, 2.45) is 0 Å². The maximum atomic E-state index is 13.1. The van der Waals surface area contributed by atoms with Crippen molar-refractivity contribution in [2.75, 3.05) is 40.9 Å². The van der Waals surface area contributed by atoms with Crippen molar-refractivity contribution < 1.29 is 32.9 Å². The number of nitrogens with zero attached hydrogens (tertiary/aromatic N) is 1. The predicted octanol–water partition coefficient (Wildman–Crippen LogP) is 23.1. The average Bonchev–Trinajstić information content (AvgIpc) is 3.48. The van der Waals surface area contributed by atoms with Gasteiger partial charge in [-0.1, -0.05) is 356 Å². The molecule has 3 atom stereocenters. The van der Waals surface area contributed by atoms with Gasteiger partial charge in [0.2, 0.25) is 5.91 Å². The molecule has 0 spiro atoms. The van der Waals surface area contributed by atoms with E-state index in [2.05, 4.69) is 79.9 Å². The number of rotatable bonds is 68. The van der Waals surface area contributed by atoms with Crippen LogP contribution in [0.25, 0.3) is 0 Å². The van der Waals surface area contributed by atoms with Crippen LogP contribution < -0.4 is 10.2 Å². The summed E-state index contributed by atoms with van der Waals surface area (Å²) in [4.78, 5) is 25.7. The second-order valence-corrected chi connectivity index (χ2v) is 27.7. The number of phosphoric acid groups is 1. The molecule has 0 radical (unpaired) electrons. The standard InChI is InChI=1S/C76H143N2O6P/c1-6-8-10-12-14-16-18-20-22-24-26-28-30-32-34-36-37-38-39-40-41-42-44-46-48-50-52-54-56-58-60-62-64-66-68-70-76(80)77-74(73-84-85(81,82)83-72-71-78(3,4)5)75(79)69-67-65-63-61-59-57-55-53-51-49-47-45-43-35-33-31-29-27-25-23-21-19-17-15-13-11-9-7-2/h8,10,14,16,20,22,26,28,32,34,67,69,74-75,79H,6-7,9,11-13,15,17-19,21,23-25,27,29-31,33,35-66,68,70-73H2,1-5H3,(H-,77,80,81,82)/b10-8-,16-14-,22-20-,28-26-,34-32-,69-67+. The largest absolute Gasteiger partial charge is 0.756 e. The fraction of sp³-hybridized carbons (Fsp3) is 0.829. The highest BCUT2D eigenvalue weighted by molar-refractivity contribution is 7.45. The zero-order chi connectivity index (χ0) is 61.9. The van der Waals surface area contributed by atoms with Crippen LogP contribution in [0.5, 0.6) is 0 Å². The minimum atomic E-state index is -4.61. The average molecular weight is 1210 g/mol. The van der Waals surface area contributed by atoms with Crippen LogP contribution in [0.3, 0.4) is 0 Å². The maximum absolute atomic E-state index is 13.1. The Bertz CT molecular complexity index is 1620. The Hall–Kier alpha value is -2.06. The smallest absolute Gasteiger partial charge is 0.268 e. The number of phosphoric ester groups is 1. The summed E-state index contributed by atoms with van der Waals surface area (Å²) >= 11 is 0. The van der Waals surface area contributed by atoms with E-state index < -0.39 is 20.0 Å². The molecule has 0 aromatic carbocycles. The lowest BCUT2D eigenvalue weighted by Gasteiger charge is -2.29. The monoisotopic (exact) mass is 1210 g/mol. The zero-order valence-corrected chi connectivity index (χ0v) is 58.0. The predicted molar refractivity (Wildman–Crippen MR) is 371 cm³/mol. The van der Waals surface area contributed by atoms with Gasteiger partial charge >= 0.3 is 0 Å². The van der Waals surface area contributed by atoms with Gasteiger partial charge in [-0.15, -0.1) is 0 Å². The van der Waals surface area contributed by atoms with E-state index in [4.69, 9.17) is 9.05 Å². The van der Waals surface area contributed by atoms with Crippen molar-refractivity contribution in [2.45, 2.75) is 366 Å². The number of carbonyl (C=O) groups excluding carboxylic acids is 1. The van der Waals surface area contributed by atoms with Crippen molar-refractivity contribution in [3.8, 4) is 0 Å². The Labute approximate surface area is 529 Å². The molecule has 8 nitrogen and oxygen atoms in total. The Balaban J connectivity index is 4.02. The molecule has 0 fully saturated rings. The molecule has 0 saturated heterocycles. The SMILES string of the molecule is CC/C=C\C/C=C\C/C=C\C/C=C\C/C=C\CCCCCCCCCCCCCCCCCCCCCC(=O)NC(COP(=O)([O-])OCC[N+](C)(C)C)C(O)/C=C/CCCCCCCCCCCCCCCCCCCCCCCCCCCC. The minimum absolute atomic E-state index is 0.000796. The zero-order valence-electron chi connectivity index (χ0n) is 57.1. The van der Waals surface area contributed by atoms with E-state index in [1.54, 1.807) is 6.08 Å². The number of allylic oxidation sites excluding steroid dienone is 11. The molecule has 1 amide bonds. The normalized spacial score (nSPS) is 14.0. The molecule has 85 heavy (non-hydrogen) atoms. The third-order valence-corrected chi connectivity index (χ3v) is 17.6. The highest BCUT2D eigenvalue weighted by atomic mass is 31.2. The second kappa shape index (κ2) is 66.4. The Morgan fingerprint density at radius 2 is 0.718 bits per heavy atom. The molecule has 2 N–H and O–H groups in total. The van der Waals surface area contributed by atoms with Crippen molar-refractivity contribution in [3.63, 3.8) is 0 Å². The number of aliphatic hydroxyl groups is 1. The van der Waals surface area contributed by atoms with E-state index in [1.807, 2.05) is 27.2 Å². The summed E-state index contributed by atoms with van der Waals surface area (Å²) in [6.45, 7) is 4.59. The Morgan fingerprint density at radius 1 is 0.424 bits per heavy atom. The van der Waals surface area contributed by atoms with Gasteiger partial charge in [-0.05, 0) is 64.2 Å². The lowest BCUT2D eigenvalue weighted by molar-refractivity contribution is -0.870. The van der Waals surface area contributed by atoms with Crippen molar-refractivity contribution >= 4 is 13.7 Å². The van der Waals surface area contributed by atoms with E-state index in [9.17, 15) is 19.4 Å². The summed E-state index contributed by atoms with van der Waals surface area (Å²) < 4.78 is 23.5. The number of nitrogens with one attached hydrogen (secondary N) is 1. The summed E-state index contributed by atoms with van der Waals surface area (Å²) in [5.41, 5.74) is 0. The number of hydrogen-bond donors (Lipinski definition) is 2. The van der Waals surface area contributed by atoms with Crippen LogP contribution in [-0.2, 0) is 18.4 Å². The topological polar surface area (TPSA) is 108 Å². The molecule has 0 aliphatic rings. The third kappa shape index (κ3) is 69.3.